The maximum Gasteiger partial charge on any atom is 0.238 e. The van der Waals surface area contributed by atoms with Gasteiger partial charge in [-0.15, -0.1) is 11.8 Å². The van der Waals surface area contributed by atoms with Crippen LogP contribution in [0.2, 0.25) is 0 Å². The quantitative estimate of drug-likeness (QED) is 0.788. The summed E-state index contributed by atoms with van der Waals surface area (Å²) in [6.45, 7) is 1.67. The Hall–Kier alpha value is -1.85. The lowest BCUT2D eigenvalue weighted by Crippen LogP contribution is -2.38. The fourth-order valence-corrected chi connectivity index (χ4v) is 3.85. The number of nitrogens with one attached hydrogen (secondary N) is 2. The molecule has 2 unspecified atom stereocenters. The summed E-state index contributed by atoms with van der Waals surface area (Å²) in [5.74, 6) is -0.281. The Morgan fingerprint density at radius 3 is 2.62 bits per heavy atom. The second kappa shape index (κ2) is 8.31. The van der Waals surface area contributed by atoms with Crippen molar-refractivity contribution >= 4 is 17.7 Å². The van der Waals surface area contributed by atoms with Crippen LogP contribution in [0.3, 0.4) is 0 Å². The summed E-state index contributed by atoms with van der Waals surface area (Å²) < 4.78 is 13.1. The SMILES string of the molecule is O=C(NCC1CCCN1)C(Sc1ccc(F)cc1)c1ccccc1. The third kappa shape index (κ3) is 4.58. The first-order chi connectivity index (χ1) is 11.7. The molecule has 2 atom stereocenters. The van der Waals surface area contributed by atoms with Gasteiger partial charge in [0.15, 0.2) is 0 Å². The van der Waals surface area contributed by atoms with E-state index in [0.717, 1.165) is 29.8 Å². The average Bonchev–Trinajstić information content (AvgIpc) is 3.13. The van der Waals surface area contributed by atoms with E-state index in [2.05, 4.69) is 10.6 Å². The van der Waals surface area contributed by atoms with Crippen LogP contribution in [0.5, 0.6) is 0 Å². The van der Waals surface area contributed by atoms with Crippen molar-refractivity contribution in [2.75, 3.05) is 13.1 Å². The summed E-state index contributed by atoms with van der Waals surface area (Å²) in [5, 5.41) is 6.09. The minimum absolute atomic E-state index is 0.00998. The maximum atomic E-state index is 13.1. The molecule has 0 saturated carbocycles. The molecule has 2 N–H and O–H groups in total. The molecule has 1 saturated heterocycles. The number of halogens is 1. The Morgan fingerprint density at radius 1 is 1.21 bits per heavy atom. The number of carbonyl (C=O) groups is 1. The largest absolute Gasteiger partial charge is 0.353 e. The predicted octanol–water partition coefficient (Wildman–Crippen LogP) is 3.53. The molecule has 2 aromatic rings. The molecule has 2 aromatic carbocycles. The average molecular weight is 344 g/mol. The summed E-state index contributed by atoms with van der Waals surface area (Å²) in [6, 6.07) is 16.3. The lowest BCUT2D eigenvalue weighted by atomic mass is 10.1. The summed E-state index contributed by atoms with van der Waals surface area (Å²) in [7, 11) is 0. The Morgan fingerprint density at radius 2 is 1.96 bits per heavy atom. The molecule has 0 aliphatic carbocycles. The van der Waals surface area contributed by atoms with E-state index in [9.17, 15) is 9.18 Å². The Bertz CT molecular complexity index is 657. The molecule has 0 aromatic heterocycles. The molecule has 1 heterocycles. The van der Waals surface area contributed by atoms with Gasteiger partial charge in [0.1, 0.15) is 11.1 Å². The van der Waals surface area contributed by atoms with Gasteiger partial charge in [-0.25, -0.2) is 4.39 Å². The molecule has 24 heavy (non-hydrogen) atoms. The van der Waals surface area contributed by atoms with E-state index in [1.807, 2.05) is 30.3 Å². The molecule has 1 amide bonds. The van der Waals surface area contributed by atoms with Crippen LogP contribution >= 0.6 is 11.8 Å². The van der Waals surface area contributed by atoms with E-state index in [-0.39, 0.29) is 17.0 Å². The van der Waals surface area contributed by atoms with Crippen LogP contribution in [0.1, 0.15) is 23.7 Å². The molecular weight excluding hydrogens is 323 g/mol. The molecule has 3 rings (SSSR count). The zero-order valence-electron chi connectivity index (χ0n) is 13.4. The highest BCUT2D eigenvalue weighted by Gasteiger charge is 2.23. The van der Waals surface area contributed by atoms with Crippen molar-refractivity contribution in [3.05, 3.63) is 66.0 Å². The van der Waals surface area contributed by atoms with Crippen molar-refractivity contribution in [3.63, 3.8) is 0 Å². The highest BCUT2D eigenvalue weighted by atomic mass is 32.2. The number of benzene rings is 2. The van der Waals surface area contributed by atoms with E-state index >= 15 is 0 Å². The number of thioether (sulfide) groups is 1. The molecular formula is C19H21FN2OS. The normalized spacial score (nSPS) is 18.3. The zero-order valence-corrected chi connectivity index (χ0v) is 14.2. The lowest BCUT2D eigenvalue weighted by molar-refractivity contribution is -0.120. The summed E-state index contributed by atoms with van der Waals surface area (Å²) in [6.07, 6.45) is 2.26. The third-order valence-electron chi connectivity index (χ3n) is 4.09. The molecule has 0 spiro atoms. The lowest BCUT2D eigenvalue weighted by Gasteiger charge is -2.19. The van der Waals surface area contributed by atoms with E-state index in [1.54, 1.807) is 12.1 Å². The van der Waals surface area contributed by atoms with E-state index in [0.29, 0.717) is 12.6 Å². The minimum atomic E-state index is -0.349. The topological polar surface area (TPSA) is 41.1 Å². The van der Waals surface area contributed by atoms with Crippen LogP contribution in [0, 0.1) is 5.82 Å². The maximum absolute atomic E-state index is 13.1. The molecule has 3 nitrogen and oxygen atoms in total. The Labute approximate surface area is 146 Å². The summed E-state index contributed by atoms with van der Waals surface area (Å²) >= 11 is 1.44. The molecule has 1 aliphatic heterocycles. The number of amides is 1. The van der Waals surface area contributed by atoms with Gasteiger partial charge < -0.3 is 10.6 Å². The highest BCUT2D eigenvalue weighted by molar-refractivity contribution is 8.00. The van der Waals surface area contributed by atoms with Crippen LogP contribution in [0.4, 0.5) is 4.39 Å². The minimum Gasteiger partial charge on any atom is -0.353 e. The molecule has 0 bridgehead atoms. The van der Waals surface area contributed by atoms with Crippen molar-refractivity contribution in [2.24, 2.45) is 0 Å². The van der Waals surface area contributed by atoms with E-state index in [1.165, 1.54) is 23.9 Å². The van der Waals surface area contributed by atoms with Gasteiger partial charge >= 0.3 is 0 Å². The molecule has 5 heteroatoms. The van der Waals surface area contributed by atoms with Crippen molar-refractivity contribution in [3.8, 4) is 0 Å². The number of hydrogen-bond acceptors (Lipinski definition) is 3. The Balaban J connectivity index is 1.71. The Kier molecular flexibility index (Phi) is 5.88. The fourth-order valence-electron chi connectivity index (χ4n) is 2.80. The third-order valence-corrected chi connectivity index (χ3v) is 5.36. The fraction of sp³-hybridized carbons (Fsp3) is 0.316. The first-order valence-electron chi connectivity index (χ1n) is 8.20. The summed E-state index contributed by atoms with van der Waals surface area (Å²) in [5.41, 5.74) is 0.948. The number of carbonyl (C=O) groups excluding carboxylic acids is 1. The number of hydrogen-bond donors (Lipinski definition) is 2. The van der Waals surface area contributed by atoms with Gasteiger partial charge in [-0.2, -0.15) is 0 Å². The standard InChI is InChI=1S/C19H21FN2OS/c20-15-8-10-17(11-9-15)24-18(14-5-2-1-3-6-14)19(23)22-13-16-7-4-12-21-16/h1-3,5-6,8-11,16,18,21H,4,7,12-13H2,(H,22,23). The monoisotopic (exact) mass is 344 g/mol. The van der Waals surface area contributed by atoms with Gasteiger partial charge in [0.05, 0.1) is 0 Å². The van der Waals surface area contributed by atoms with Crippen LogP contribution in [-0.2, 0) is 4.79 Å². The van der Waals surface area contributed by atoms with Crippen molar-refractivity contribution < 1.29 is 9.18 Å². The first kappa shape index (κ1) is 17.0. The van der Waals surface area contributed by atoms with E-state index < -0.39 is 0 Å². The molecule has 1 aliphatic rings. The second-order valence-corrected chi connectivity index (χ2v) is 7.08. The van der Waals surface area contributed by atoms with E-state index in [4.69, 9.17) is 0 Å². The smallest absolute Gasteiger partial charge is 0.238 e. The van der Waals surface area contributed by atoms with Gasteiger partial charge in [0, 0.05) is 17.5 Å². The molecule has 0 radical (unpaired) electrons. The first-order valence-corrected chi connectivity index (χ1v) is 9.08. The van der Waals surface area contributed by atoms with Gasteiger partial charge in [0.2, 0.25) is 5.91 Å². The molecule has 1 fully saturated rings. The molecule has 126 valence electrons. The summed E-state index contributed by atoms with van der Waals surface area (Å²) in [4.78, 5) is 13.6. The van der Waals surface area contributed by atoms with Crippen molar-refractivity contribution in [1.82, 2.24) is 10.6 Å². The highest BCUT2D eigenvalue weighted by Crippen LogP contribution is 2.35. The van der Waals surface area contributed by atoms with Crippen molar-refractivity contribution in [2.45, 2.75) is 29.0 Å². The zero-order chi connectivity index (χ0) is 16.8. The van der Waals surface area contributed by atoms with Gasteiger partial charge in [0.25, 0.3) is 0 Å². The van der Waals surface area contributed by atoms with Crippen LogP contribution in [0.15, 0.2) is 59.5 Å². The van der Waals surface area contributed by atoms with Gasteiger partial charge in [-0.1, -0.05) is 30.3 Å². The second-order valence-electron chi connectivity index (χ2n) is 5.90. The van der Waals surface area contributed by atoms with Crippen LogP contribution in [-0.4, -0.2) is 25.0 Å². The van der Waals surface area contributed by atoms with Crippen LogP contribution in [0.25, 0.3) is 0 Å². The predicted molar refractivity (Wildman–Crippen MR) is 95.5 cm³/mol. The van der Waals surface area contributed by atoms with Crippen molar-refractivity contribution in [1.29, 1.82) is 0 Å². The number of rotatable bonds is 6. The van der Waals surface area contributed by atoms with Gasteiger partial charge in [-0.05, 0) is 49.2 Å². The van der Waals surface area contributed by atoms with Crippen LogP contribution < -0.4 is 10.6 Å². The van der Waals surface area contributed by atoms with Gasteiger partial charge in [-0.3, -0.25) is 4.79 Å².